The number of esters is 1. The van der Waals surface area contributed by atoms with E-state index in [2.05, 4.69) is 0 Å². The zero-order chi connectivity index (χ0) is 21.8. The molecular formula is C25H25NO5. The van der Waals surface area contributed by atoms with Crippen LogP contribution in [0.2, 0.25) is 0 Å². The Hall–Kier alpha value is -3.41. The first-order chi connectivity index (χ1) is 15.0. The van der Waals surface area contributed by atoms with Crippen LogP contribution < -0.4 is 4.74 Å². The van der Waals surface area contributed by atoms with Gasteiger partial charge in [-0.25, -0.2) is 4.79 Å². The molecule has 0 aromatic heterocycles. The van der Waals surface area contributed by atoms with Crippen molar-refractivity contribution in [1.82, 2.24) is 4.90 Å². The van der Waals surface area contributed by atoms with Crippen molar-refractivity contribution in [2.45, 2.75) is 32.8 Å². The first-order valence-electron chi connectivity index (χ1n) is 10.5. The third-order valence-electron chi connectivity index (χ3n) is 5.92. The zero-order valence-corrected chi connectivity index (χ0v) is 17.5. The number of carbonyl (C=O) groups excluding carboxylic acids is 3. The molecule has 6 nitrogen and oxygen atoms in total. The second-order valence-corrected chi connectivity index (χ2v) is 8.14. The van der Waals surface area contributed by atoms with Gasteiger partial charge in [0.15, 0.2) is 5.78 Å². The minimum absolute atomic E-state index is 0.0414. The van der Waals surface area contributed by atoms with Gasteiger partial charge in [-0.3, -0.25) is 9.59 Å². The van der Waals surface area contributed by atoms with Crippen molar-refractivity contribution in [3.8, 4) is 5.75 Å². The molecule has 6 heteroatoms. The lowest BCUT2D eigenvalue weighted by molar-refractivity contribution is -0.132. The van der Waals surface area contributed by atoms with Gasteiger partial charge in [0.1, 0.15) is 12.4 Å². The lowest BCUT2D eigenvalue weighted by atomic mass is 9.78. The van der Waals surface area contributed by atoms with E-state index in [1.54, 1.807) is 23.1 Å². The molecule has 1 aliphatic carbocycles. The molecule has 1 spiro atoms. The van der Waals surface area contributed by atoms with E-state index in [1.807, 2.05) is 42.5 Å². The van der Waals surface area contributed by atoms with Crippen molar-refractivity contribution >= 4 is 23.4 Å². The van der Waals surface area contributed by atoms with Crippen LogP contribution in [0, 0.1) is 5.41 Å². The van der Waals surface area contributed by atoms with Gasteiger partial charge in [-0.05, 0) is 29.9 Å². The molecule has 0 saturated carbocycles. The lowest BCUT2D eigenvalue weighted by Crippen LogP contribution is -2.42. The van der Waals surface area contributed by atoms with Crippen molar-refractivity contribution in [3.05, 3.63) is 71.8 Å². The Morgan fingerprint density at radius 1 is 1.00 bits per heavy atom. The summed E-state index contributed by atoms with van der Waals surface area (Å²) in [5, 5.41) is 0. The molecule has 2 aromatic carbocycles. The summed E-state index contributed by atoms with van der Waals surface area (Å²) in [5.74, 6) is 0.0174. The molecule has 31 heavy (non-hydrogen) atoms. The summed E-state index contributed by atoms with van der Waals surface area (Å²) in [4.78, 5) is 38.4. The SMILES string of the molecule is CC(=O)Oc1ccccc1C1=CC2(CCN(C(=O)OCc3ccccc3)CC2)CC1=O. The summed E-state index contributed by atoms with van der Waals surface area (Å²) in [6.45, 7) is 2.67. The van der Waals surface area contributed by atoms with Gasteiger partial charge in [-0.1, -0.05) is 54.6 Å². The average Bonchev–Trinajstić information content (AvgIpc) is 3.08. The number of piperidine rings is 1. The Labute approximate surface area is 181 Å². The third kappa shape index (κ3) is 4.68. The van der Waals surface area contributed by atoms with Crippen molar-refractivity contribution in [1.29, 1.82) is 0 Å². The van der Waals surface area contributed by atoms with Crippen LogP contribution in [0.15, 0.2) is 60.7 Å². The number of rotatable bonds is 4. The van der Waals surface area contributed by atoms with Crippen LogP contribution in [-0.4, -0.2) is 35.8 Å². The Balaban J connectivity index is 1.42. The number of hydrogen-bond acceptors (Lipinski definition) is 5. The maximum atomic E-state index is 12.8. The first-order valence-corrected chi connectivity index (χ1v) is 10.5. The number of carbonyl (C=O) groups is 3. The molecule has 160 valence electrons. The van der Waals surface area contributed by atoms with Crippen molar-refractivity contribution in [2.75, 3.05) is 13.1 Å². The van der Waals surface area contributed by atoms with Crippen LogP contribution in [0.3, 0.4) is 0 Å². The van der Waals surface area contributed by atoms with Crippen molar-refractivity contribution in [2.24, 2.45) is 5.41 Å². The second kappa shape index (κ2) is 8.76. The highest BCUT2D eigenvalue weighted by atomic mass is 16.6. The number of ketones is 1. The van der Waals surface area contributed by atoms with E-state index in [0.717, 1.165) is 5.56 Å². The van der Waals surface area contributed by atoms with Gasteiger partial charge in [0.05, 0.1) is 0 Å². The maximum absolute atomic E-state index is 12.8. The van der Waals surface area contributed by atoms with Gasteiger partial charge in [-0.2, -0.15) is 0 Å². The monoisotopic (exact) mass is 419 g/mol. The summed E-state index contributed by atoms with van der Waals surface area (Å²) in [6, 6.07) is 16.7. The van der Waals surface area contributed by atoms with Crippen LogP contribution >= 0.6 is 0 Å². The molecule has 1 heterocycles. The number of hydrogen-bond donors (Lipinski definition) is 0. The van der Waals surface area contributed by atoms with E-state index in [-0.39, 0.29) is 23.9 Å². The second-order valence-electron chi connectivity index (χ2n) is 8.14. The quantitative estimate of drug-likeness (QED) is 0.543. The number of benzene rings is 2. The lowest BCUT2D eigenvalue weighted by Gasteiger charge is -2.37. The Bertz CT molecular complexity index is 1020. The van der Waals surface area contributed by atoms with Crippen LogP contribution in [0.4, 0.5) is 4.79 Å². The Kier molecular flexibility index (Phi) is 5.89. The molecule has 0 radical (unpaired) electrons. The molecule has 1 aliphatic heterocycles. The van der Waals surface area contributed by atoms with E-state index in [0.29, 0.717) is 49.2 Å². The van der Waals surface area contributed by atoms with Crippen LogP contribution in [0.1, 0.15) is 37.3 Å². The molecule has 2 aromatic rings. The smallest absolute Gasteiger partial charge is 0.410 e. The molecule has 2 aliphatic rings. The molecule has 4 rings (SSSR count). The van der Waals surface area contributed by atoms with E-state index in [9.17, 15) is 14.4 Å². The van der Waals surface area contributed by atoms with Gasteiger partial charge < -0.3 is 14.4 Å². The molecule has 1 amide bonds. The number of Topliss-reactive ketones (excluding diaryl/α,β-unsaturated/α-hetero) is 1. The topological polar surface area (TPSA) is 72.9 Å². The summed E-state index contributed by atoms with van der Waals surface area (Å²) < 4.78 is 10.7. The zero-order valence-electron chi connectivity index (χ0n) is 17.5. The summed E-state index contributed by atoms with van der Waals surface area (Å²) in [5.41, 5.74) is 1.91. The number of likely N-dealkylation sites (tertiary alicyclic amines) is 1. The highest BCUT2D eigenvalue weighted by Crippen LogP contribution is 2.46. The molecule has 0 unspecified atom stereocenters. The molecular weight excluding hydrogens is 394 g/mol. The van der Waals surface area contributed by atoms with Gasteiger partial charge >= 0.3 is 12.1 Å². The number of amides is 1. The predicted octanol–water partition coefficient (Wildman–Crippen LogP) is 4.39. The summed E-state index contributed by atoms with van der Waals surface area (Å²) in [7, 11) is 0. The van der Waals surface area contributed by atoms with Crippen molar-refractivity contribution < 1.29 is 23.9 Å². The normalized spacial score (nSPS) is 17.4. The number of allylic oxidation sites excluding steroid dienone is 2. The van der Waals surface area contributed by atoms with Gasteiger partial charge in [0.2, 0.25) is 0 Å². The fourth-order valence-electron chi connectivity index (χ4n) is 4.28. The van der Waals surface area contributed by atoms with Crippen molar-refractivity contribution in [3.63, 3.8) is 0 Å². The Morgan fingerprint density at radius 2 is 1.68 bits per heavy atom. The first kappa shape index (κ1) is 20.8. The van der Waals surface area contributed by atoms with E-state index in [4.69, 9.17) is 9.47 Å². The molecule has 1 fully saturated rings. The van der Waals surface area contributed by atoms with Crippen LogP contribution in [-0.2, 0) is 20.9 Å². The predicted molar refractivity (Wildman–Crippen MR) is 115 cm³/mol. The van der Waals surface area contributed by atoms with Gasteiger partial charge in [0, 0.05) is 37.6 Å². The summed E-state index contributed by atoms with van der Waals surface area (Å²) in [6.07, 6.45) is 3.48. The molecule has 0 atom stereocenters. The van der Waals surface area contributed by atoms with E-state index >= 15 is 0 Å². The number of ether oxygens (including phenoxy) is 2. The number of para-hydroxylation sites is 1. The highest BCUT2D eigenvalue weighted by Gasteiger charge is 2.42. The van der Waals surface area contributed by atoms with Gasteiger partial charge in [0.25, 0.3) is 0 Å². The minimum Gasteiger partial charge on any atom is -0.445 e. The van der Waals surface area contributed by atoms with Gasteiger partial charge in [-0.15, -0.1) is 0 Å². The molecule has 0 N–H and O–H groups in total. The molecule has 1 saturated heterocycles. The standard InChI is InChI=1S/C25H25NO5/c1-18(27)31-23-10-6-5-9-20(23)21-15-25(16-22(21)28)11-13-26(14-12-25)24(29)30-17-19-7-3-2-4-8-19/h2-10,15H,11-14,16-17H2,1H3. The minimum atomic E-state index is -0.421. The van der Waals surface area contributed by atoms with E-state index in [1.165, 1.54) is 6.92 Å². The largest absolute Gasteiger partial charge is 0.445 e. The third-order valence-corrected chi connectivity index (χ3v) is 5.92. The Morgan fingerprint density at radius 3 is 2.39 bits per heavy atom. The summed E-state index contributed by atoms with van der Waals surface area (Å²) >= 11 is 0. The molecule has 0 bridgehead atoms. The van der Waals surface area contributed by atoms with E-state index < -0.39 is 5.97 Å². The highest BCUT2D eigenvalue weighted by molar-refractivity contribution is 6.24. The van der Waals surface area contributed by atoms with Crippen LogP contribution in [0.5, 0.6) is 5.75 Å². The number of nitrogens with zero attached hydrogens (tertiary/aromatic N) is 1. The maximum Gasteiger partial charge on any atom is 0.410 e. The average molecular weight is 419 g/mol. The fourth-order valence-corrected chi connectivity index (χ4v) is 4.28. The van der Waals surface area contributed by atoms with Crippen LogP contribution in [0.25, 0.3) is 5.57 Å². The fraction of sp³-hybridized carbons (Fsp3) is 0.320.